The molecule has 0 heterocycles. The van der Waals surface area contributed by atoms with Crippen molar-refractivity contribution in [1.82, 2.24) is 10.2 Å². The average molecular weight is 268 g/mol. The number of hydrogen-bond donors (Lipinski definition) is 1. The van der Waals surface area contributed by atoms with Crippen LogP contribution in [-0.4, -0.2) is 37.6 Å². The lowest BCUT2D eigenvalue weighted by atomic mass is 9.80. The highest BCUT2D eigenvalue weighted by atomic mass is 15.1. The minimum absolute atomic E-state index is 0.474. The van der Waals surface area contributed by atoms with Crippen molar-refractivity contribution in [2.75, 3.05) is 26.7 Å². The molecule has 2 nitrogen and oxygen atoms in total. The van der Waals surface area contributed by atoms with Crippen LogP contribution in [0.15, 0.2) is 0 Å². The normalized spacial score (nSPS) is 18.2. The fourth-order valence-corrected chi connectivity index (χ4v) is 3.49. The minimum atomic E-state index is 0.474. The van der Waals surface area contributed by atoms with Gasteiger partial charge in [-0.05, 0) is 51.1 Å². The first-order valence-corrected chi connectivity index (χ1v) is 8.58. The molecule has 0 unspecified atom stereocenters. The van der Waals surface area contributed by atoms with Crippen LogP contribution in [0.2, 0.25) is 0 Å². The second kappa shape index (κ2) is 8.97. The van der Waals surface area contributed by atoms with Gasteiger partial charge in [-0.1, -0.05) is 40.0 Å². The van der Waals surface area contributed by atoms with Gasteiger partial charge in [-0.2, -0.15) is 0 Å². The SMILES string of the molecule is CCCNCC(CC)(CC)CN(C)C1CCCCC1. The summed E-state index contributed by atoms with van der Waals surface area (Å²) in [5.41, 5.74) is 0.474. The van der Waals surface area contributed by atoms with Crippen LogP contribution < -0.4 is 5.32 Å². The molecule has 0 amide bonds. The van der Waals surface area contributed by atoms with E-state index in [2.05, 4.69) is 38.0 Å². The van der Waals surface area contributed by atoms with Gasteiger partial charge in [0.15, 0.2) is 0 Å². The van der Waals surface area contributed by atoms with Crippen molar-refractivity contribution in [2.45, 2.75) is 78.2 Å². The predicted molar refractivity (Wildman–Crippen MR) is 85.7 cm³/mol. The van der Waals surface area contributed by atoms with Crippen molar-refractivity contribution in [3.05, 3.63) is 0 Å². The summed E-state index contributed by atoms with van der Waals surface area (Å²) in [5, 5.41) is 3.66. The number of nitrogens with one attached hydrogen (secondary N) is 1. The zero-order chi connectivity index (χ0) is 14.1. The second-order valence-electron chi connectivity index (χ2n) is 6.59. The Labute approximate surface area is 121 Å². The Balaban J connectivity index is 2.49. The van der Waals surface area contributed by atoms with Gasteiger partial charge >= 0.3 is 0 Å². The highest BCUT2D eigenvalue weighted by molar-refractivity contribution is 4.85. The first kappa shape index (κ1) is 17.0. The Morgan fingerprint density at radius 1 is 1.05 bits per heavy atom. The van der Waals surface area contributed by atoms with Gasteiger partial charge in [0.25, 0.3) is 0 Å². The number of hydrogen-bond acceptors (Lipinski definition) is 2. The Bertz CT molecular complexity index is 217. The summed E-state index contributed by atoms with van der Waals surface area (Å²) in [5.74, 6) is 0. The molecule has 1 aliphatic carbocycles. The molecule has 0 aromatic carbocycles. The molecule has 114 valence electrons. The van der Waals surface area contributed by atoms with Gasteiger partial charge in [-0.25, -0.2) is 0 Å². The van der Waals surface area contributed by atoms with E-state index >= 15 is 0 Å². The molecule has 0 saturated heterocycles. The standard InChI is InChI=1S/C17H36N2/c1-5-13-18-14-17(6-2,7-3)15-19(4)16-11-9-8-10-12-16/h16,18H,5-15H2,1-4H3. The van der Waals surface area contributed by atoms with Crippen molar-refractivity contribution >= 4 is 0 Å². The molecule has 1 aliphatic rings. The van der Waals surface area contributed by atoms with Crippen molar-refractivity contribution in [3.63, 3.8) is 0 Å². The third-order valence-corrected chi connectivity index (χ3v) is 5.21. The van der Waals surface area contributed by atoms with Crippen LogP contribution in [0.25, 0.3) is 0 Å². The van der Waals surface area contributed by atoms with Crippen molar-refractivity contribution in [2.24, 2.45) is 5.41 Å². The topological polar surface area (TPSA) is 15.3 Å². The molecule has 2 heteroatoms. The Morgan fingerprint density at radius 3 is 2.21 bits per heavy atom. The van der Waals surface area contributed by atoms with Gasteiger partial charge in [-0.3, -0.25) is 0 Å². The summed E-state index contributed by atoms with van der Waals surface area (Å²) >= 11 is 0. The van der Waals surface area contributed by atoms with E-state index in [1.165, 1.54) is 64.5 Å². The molecule has 1 N–H and O–H groups in total. The Hall–Kier alpha value is -0.0800. The largest absolute Gasteiger partial charge is 0.316 e. The highest BCUT2D eigenvalue weighted by Crippen LogP contribution is 2.30. The molecule has 1 saturated carbocycles. The zero-order valence-corrected chi connectivity index (χ0v) is 13.8. The maximum atomic E-state index is 3.66. The van der Waals surface area contributed by atoms with E-state index in [1.807, 2.05) is 0 Å². The molecule has 0 aromatic heterocycles. The molecule has 19 heavy (non-hydrogen) atoms. The van der Waals surface area contributed by atoms with Gasteiger partial charge in [0.05, 0.1) is 0 Å². The molecule has 0 spiro atoms. The van der Waals surface area contributed by atoms with Crippen LogP contribution in [0.1, 0.15) is 72.1 Å². The Morgan fingerprint density at radius 2 is 1.68 bits per heavy atom. The van der Waals surface area contributed by atoms with E-state index in [9.17, 15) is 0 Å². The van der Waals surface area contributed by atoms with Gasteiger partial charge < -0.3 is 10.2 Å². The number of nitrogens with zero attached hydrogens (tertiary/aromatic N) is 1. The molecule has 0 atom stereocenters. The minimum Gasteiger partial charge on any atom is -0.316 e. The summed E-state index contributed by atoms with van der Waals surface area (Å²) in [6, 6.07) is 0.845. The van der Waals surface area contributed by atoms with Gasteiger partial charge in [0.2, 0.25) is 0 Å². The van der Waals surface area contributed by atoms with Crippen LogP contribution >= 0.6 is 0 Å². The first-order chi connectivity index (χ1) is 9.17. The second-order valence-corrected chi connectivity index (χ2v) is 6.59. The lowest BCUT2D eigenvalue weighted by Gasteiger charge is -2.40. The summed E-state index contributed by atoms with van der Waals surface area (Å²) < 4.78 is 0. The predicted octanol–water partition coefficient (Wildman–Crippen LogP) is 4.06. The van der Waals surface area contributed by atoms with Crippen molar-refractivity contribution in [3.8, 4) is 0 Å². The lowest BCUT2D eigenvalue weighted by Crippen LogP contribution is -2.46. The summed E-state index contributed by atoms with van der Waals surface area (Å²) in [6.45, 7) is 10.6. The third kappa shape index (κ3) is 5.43. The van der Waals surface area contributed by atoms with Crippen molar-refractivity contribution < 1.29 is 0 Å². The summed E-state index contributed by atoms with van der Waals surface area (Å²) in [7, 11) is 2.36. The third-order valence-electron chi connectivity index (χ3n) is 5.21. The van der Waals surface area contributed by atoms with Crippen LogP contribution in [0.4, 0.5) is 0 Å². The maximum Gasteiger partial charge on any atom is 0.00924 e. The maximum absolute atomic E-state index is 3.66. The smallest absolute Gasteiger partial charge is 0.00924 e. The van der Waals surface area contributed by atoms with Gasteiger partial charge in [0, 0.05) is 19.1 Å². The van der Waals surface area contributed by atoms with Gasteiger partial charge in [-0.15, -0.1) is 0 Å². The molecule has 1 rings (SSSR count). The molecular formula is C17H36N2. The van der Waals surface area contributed by atoms with E-state index in [-0.39, 0.29) is 0 Å². The van der Waals surface area contributed by atoms with E-state index in [0.29, 0.717) is 5.41 Å². The van der Waals surface area contributed by atoms with Crippen LogP contribution in [0.3, 0.4) is 0 Å². The van der Waals surface area contributed by atoms with E-state index in [0.717, 1.165) is 12.6 Å². The molecule has 0 radical (unpaired) electrons. The van der Waals surface area contributed by atoms with E-state index in [4.69, 9.17) is 0 Å². The van der Waals surface area contributed by atoms with Crippen LogP contribution in [0, 0.1) is 5.41 Å². The molecule has 0 bridgehead atoms. The first-order valence-electron chi connectivity index (χ1n) is 8.58. The van der Waals surface area contributed by atoms with Crippen LogP contribution in [-0.2, 0) is 0 Å². The highest BCUT2D eigenvalue weighted by Gasteiger charge is 2.30. The molecule has 0 aromatic rings. The fraction of sp³-hybridized carbons (Fsp3) is 1.00. The molecule has 0 aliphatic heterocycles. The van der Waals surface area contributed by atoms with Gasteiger partial charge in [0.1, 0.15) is 0 Å². The molecule has 1 fully saturated rings. The summed E-state index contributed by atoms with van der Waals surface area (Å²) in [4.78, 5) is 2.67. The van der Waals surface area contributed by atoms with E-state index in [1.54, 1.807) is 0 Å². The monoisotopic (exact) mass is 268 g/mol. The lowest BCUT2D eigenvalue weighted by molar-refractivity contribution is 0.103. The molecular weight excluding hydrogens is 232 g/mol. The van der Waals surface area contributed by atoms with Crippen molar-refractivity contribution in [1.29, 1.82) is 0 Å². The Kier molecular flexibility index (Phi) is 8.01. The summed E-state index contributed by atoms with van der Waals surface area (Å²) in [6.07, 6.45) is 11.0. The van der Waals surface area contributed by atoms with E-state index < -0.39 is 0 Å². The quantitative estimate of drug-likeness (QED) is 0.635. The fourth-order valence-electron chi connectivity index (χ4n) is 3.49. The van der Waals surface area contributed by atoms with Crippen LogP contribution in [0.5, 0.6) is 0 Å². The zero-order valence-electron chi connectivity index (χ0n) is 13.8. The average Bonchev–Trinajstić information content (AvgIpc) is 2.47. The number of rotatable bonds is 9.